The van der Waals surface area contributed by atoms with Gasteiger partial charge in [0.25, 0.3) is 0 Å². The van der Waals surface area contributed by atoms with Gasteiger partial charge in [0.05, 0.1) is 35.8 Å². The molecular weight excluding hydrogens is 374 g/mol. The van der Waals surface area contributed by atoms with Gasteiger partial charge in [-0.15, -0.1) is 0 Å². The number of nitrogens with zero attached hydrogens (tertiary/aromatic N) is 5. The van der Waals surface area contributed by atoms with Crippen LogP contribution in [0.25, 0.3) is 5.65 Å². The van der Waals surface area contributed by atoms with Gasteiger partial charge < -0.3 is 9.14 Å². The van der Waals surface area contributed by atoms with Gasteiger partial charge in [0, 0.05) is 32.6 Å². The Bertz CT molecular complexity index is 985. The Morgan fingerprint density at radius 1 is 1.23 bits per heavy atom. The van der Waals surface area contributed by atoms with E-state index in [1.165, 1.54) is 23.4 Å². The number of imidazole rings is 1. The zero-order chi connectivity index (χ0) is 21.1. The zero-order valence-electron chi connectivity index (χ0n) is 18.6. The van der Waals surface area contributed by atoms with Crippen molar-refractivity contribution < 1.29 is 4.74 Å². The average molecular weight is 408 g/mol. The minimum atomic E-state index is 0.189. The third kappa shape index (κ3) is 4.13. The van der Waals surface area contributed by atoms with Gasteiger partial charge in [-0.3, -0.25) is 14.8 Å². The van der Waals surface area contributed by atoms with E-state index in [-0.39, 0.29) is 6.04 Å². The summed E-state index contributed by atoms with van der Waals surface area (Å²) in [4.78, 5) is 14.6. The lowest BCUT2D eigenvalue weighted by atomic mass is 9.90. The Balaban J connectivity index is 1.66. The molecule has 3 aromatic heterocycles. The molecule has 0 saturated heterocycles. The van der Waals surface area contributed by atoms with Crippen molar-refractivity contribution in [1.29, 1.82) is 0 Å². The predicted molar refractivity (Wildman–Crippen MR) is 119 cm³/mol. The second kappa shape index (κ2) is 9.25. The van der Waals surface area contributed by atoms with E-state index in [0.29, 0.717) is 6.04 Å². The molecular formula is C24H33N5O. The molecule has 160 valence electrons. The molecule has 30 heavy (non-hydrogen) atoms. The van der Waals surface area contributed by atoms with E-state index in [2.05, 4.69) is 71.7 Å². The van der Waals surface area contributed by atoms with Crippen molar-refractivity contribution in [1.82, 2.24) is 24.2 Å². The van der Waals surface area contributed by atoms with Gasteiger partial charge in [0.2, 0.25) is 0 Å². The predicted octanol–water partition coefficient (Wildman–Crippen LogP) is 3.88. The minimum Gasteiger partial charge on any atom is -0.383 e. The van der Waals surface area contributed by atoms with Gasteiger partial charge in [0.1, 0.15) is 5.65 Å². The molecule has 0 spiro atoms. The standard InChI is InChI=1S/C24H33N5O/c1-18(28(3)20-11-7-9-19-10-8-13-25-24(19)20)23-21(17-27(2)15-16-30-4)29-14-6-5-12-22(29)26-23/h5-6,8,10,12-14,18,20H,7,9,11,15-17H2,1-4H3/t18?,20-/m0/s1. The lowest BCUT2D eigenvalue weighted by Crippen LogP contribution is -2.32. The summed E-state index contributed by atoms with van der Waals surface area (Å²) in [6.45, 7) is 4.72. The lowest BCUT2D eigenvalue weighted by molar-refractivity contribution is 0.152. The smallest absolute Gasteiger partial charge is 0.137 e. The highest BCUT2D eigenvalue weighted by Crippen LogP contribution is 2.37. The molecule has 1 aliphatic carbocycles. The number of aromatic nitrogens is 3. The molecule has 1 aliphatic rings. The van der Waals surface area contributed by atoms with Gasteiger partial charge in [-0.05, 0) is 64.0 Å². The molecule has 0 aromatic carbocycles. The molecule has 3 aromatic rings. The summed E-state index contributed by atoms with van der Waals surface area (Å²) in [5.74, 6) is 0. The third-order valence-electron chi connectivity index (χ3n) is 6.42. The highest BCUT2D eigenvalue weighted by molar-refractivity contribution is 5.44. The maximum atomic E-state index is 5.27. The number of methoxy groups -OCH3 is 1. The van der Waals surface area contributed by atoms with Crippen LogP contribution < -0.4 is 0 Å². The molecule has 0 aliphatic heterocycles. The second-order valence-electron chi connectivity index (χ2n) is 8.40. The SMILES string of the molecule is COCCN(C)Cc1c(C(C)N(C)[C@H]2CCCc3cccnc32)nc2ccccn12. The van der Waals surface area contributed by atoms with E-state index in [0.717, 1.165) is 43.9 Å². The summed E-state index contributed by atoms with van der Waals surface area (Å²) < 4.78 is 7.50. The number of fused-ring (bicyclic) bond motifs is 2. The van der Waals surface area contributed by atoms with Gasteiger partial charge in [-0.25, -0.2) is 4.98 Å². The average Bonchev–Trinajstić information content (AvgIpc) is 3.14. The van der Waals surface area contributed by atoms with Crippen molar-refractivity contribution in [2.45, 2.75) is 44.8 Å². The normalized spacial score (nSPS) is 17.6. The Morgan fingerprint density at radius 2 is 2.10 bits per heavy atom. The quantitative estimate of drug-likeness (QED) is 0.567. The minimum absolute atomic E-state index is 0.189. The fourth-order valence-corrected chi connectivity index (χ4v) is 4.58. The van der Waals surface area contributed by atoms with Crippen molar-refractivity contribution in [3.8, 4) is 0 Å². The van der Waals surface area contributed by atoms with E-state index in [4.69, 9.17) is 14.7 Å². The fraction of sp³-hybridized carbons (Fsp3) is 0.500. The number of ether oxygens (including phenoxy) is 1. The molecule has 2 atom stereocenters. The topological polar surface area (TPSA) is 45.9 Å². The number of aryl methyl sites for hydroxylation is 1. The summed E-state index contributed by atoms with van der Waals surface area (Å²) in [6.07, 6.45) is 7.53. The molecule has 0 saturated carbocycles. The first-order valence-electron chi connectivity index (χ1n) is 10.9. The number of hydrogen-bond acceptors (Lipinski definition) is 5. The summed E-state index contributed by atoms with van der Waals surface area (Å²) in [6, 6.07) is 11.0. The first-order chi connectivity index (χ1) is 14.6. The molecule has 0 amide bonds. The first-order valence-corrected chi connectivity index (χ1v) is 10.9. The van der Waals surface area contributed by atoms with Crippen LogP contribution in [0.4, 0.5) is 0 Å². The van der Waals surface area contributed by atoms with Gasteiger partial charge >= 0.3 is 0 Å². The Hall–Kier alpha value is -2.28. The highest BCUT2D eigenvalue weighted by atomic mass is 16.5. The number of rotatable bonds is 8. The Morgan fingerprint density at radius 3 is 2.93 bits per heavy atom. The summed E-state index contributed by atoms with van der Waals surface area (Å²) in [5, 5.41) is 0. The van der Waals surface area contributed by atoms with E-state index >= 15 is 0 Å². The third-order valence-corrected chi connectivity index (χ3v) is 6.42. The van der Waals surface area contributed by atoms with Crippen LogP contribution in [0.15, 0.2) is 42.7 Å². The van der Waals surface area contributed by atoms with Crippen molar-refractivity contribution in [3.63, 3.8) is 0 Å². The van der Waals surface area contributed by atoms with Crippen molar-refractivity contribution in [2.24, 2.45) is 0 Å². The molecule has 1 unspecified atom stereocenters. The summed E-state index contributed by atoms with van der Waals surface area (Å²) in [7, 11) is 6.11. The summed E-state index contributed by atoms with van der Waals surface area (Å²) >= 11 is 0. The van der Waals surface area contributed by atoms with Crippen LogP contribution in [0.5, 0.6) is 0 Å². The Labute approximate surface area is 179 Å². The van der Waals surface area contributed by atoms with E-state index in [1.807, 2.05) is 6.20 Å². The van der Waals surface area contributed by atoms with Crippen molar-refractivity contribution in [3.05, 3.63) is 65.4 Å². The van der Waals surface area contributed by atoms with Crippen LogP contribution in [0, 0.1) is 0 Å². The molecule has 6 heteroatoms. The molecule has 6 nitrogen and oxygen atoms in total. The number of pyridine rings is 2. The number of hydrogen-bond donors (Lipinski definition) is 0. The summed E-state index contributed by atoms with van der Waals surface area (Å²) in [5.41, 5.74) is 6.03. The number of likely N-dealkylation sites (N-methyl/N-ethyl adjacent to an activating group) is 1. The van der Waals surface area contributed by atoms with Gasteiger partial charge in [-0.1, -0.05) is 12.1 Å². The molecule has 0 fully saturated rings. The molecule has 0 N–H and O–H groups in total. The van der Waals surface area contributed by atoms with Crippen LogP contribution in [-0.4, -0.2) is 58.5 Å². The molecule has 0 radical (unpaired) electrons. The van der Waals surface area contributed by atoms with Crippen LogP contribution in [0.3, 0.4) is 0 Å². The highest BCUT2D eigenvalue weighted by Gasteiger charge is 2.30. The van der Waals surface area contributed by atoms with Crippen LogP contribution in [0.1, 0.15) is 54.5 Å². The van der Waals surface area contributed by atoms with Crippen molar-refractivity contribution >= 4 is 5.65 Å². The van der Waals surface area contributed by atoms with Crippen molar-refractivity contribution in [2.75, 3.05) is 34.4 Å². The molecule has 3 heterocycles. The maximum absolute atomic E-state index is 5.27. The van der Waals surface area contributed by atoms with Crippen LogP contribution in [-0.2, 0) is 17.7 Å². The van der Waals surface area contributed by atoms with E-state index in [1.54, 1.807) is 7.11 Å². The fourth-order valence-electron chi connectivity index (χ4n) is 4.58. The monoisotopic (exact) mass is 407 g/mol. The van der Waals surface area contributed by atoms with E-state index in [9.17, 15) is 0 Å². The first kappa shape index (κ1) is 21.0. The second-order valence-corrected chi connectivity index (χ2v) is 8.40. The van der Waals surface area contributed by atoms with E-state index < -0.39 is 0 Å². The van der Waals surface area contributed by atoms with Gasteiger partial charge in [0.15, 0.2) is 0 Å². The van der Waals surface area contributed by atoms with Crippen LogP contribution in [0.2, 0.25) is 0 Å². The largest absolute Gasteiger partial charge is 0.383 e. The lowest BCUT2D eigenvalue weighted by Gasteiger charge is -2.36. The van der Waals surface area contributed by atoms with Gasteiger partial charge in [-0.2, -0.15) is 0 Å². The Kier molecular flexibility index (Phi) is 6.46. The van der Waals surface area contributed by atoms with Crippen LogP contribution >= 0.6 is 0 Å². The zero-order valence-corrected chi connectivity index (χ0v) is 18.6. The molecule has 0 bridgehead atoms. The molecule has 4 rings (SSSR count). The maximum Gasteiger partial charge on any atom is 0.137 e.